The Hall–Kier alpha value is -1.84. The van der Waals surface area contributed by atoms with Crippen molar-refractivity contribution in [3.8, 4) is 0 Å². The zero-order chi connectivity index (χ0) is 12.4. The number of nitrogens with zero attached hydrogens (tertiary/aromatic N) is 1. The van der Waals surface area contributed by atoms with Gasteiger partial charge in [0.2, 0.25) is 11.8 Å². The van der Waals surface area contributed by atoms with Crippen LogP contribution in [-0.4, -0.2) is 29.3 Å². The van der Waals surface area contributed by atoms with Crippen LogP contribution in [0, 0.1) is 0 Å². The third-order valence-corrected chi connectivity index (χ3v) is 3.31. The van der Waals surface area contributed by atoms with Gasteiger partial charge in [-0.1, -0.05) is 30.3 Å². The molecule has 0 unspecified atom stereocenters. The predicted molar refractivity (Wildman–Crippen MR) is 64.2 cm³/mol. The van der Waals surface area contributed by atoms with Gasteiger partial charge >= 0.3 is 0 Å². The van der Waals surface area contributed by atoms with Crippen LogP contribution in [0.25, 0.3) is 0 Å². The number of hydrogen-bond acceptors (Lipinski definition) is 2. The van der Waals surface area contributed by atoms with E-state index in [-0.39, 0.29) is 11.8 Å². The summed E-state index contributed by atoms with van der Waals surface area (Å²) >= 11 is 0. The van der Waals surface area contributed by atoms with Gasteiger partial charge in [-0.25, -0.2) is 0 Å². The molecule has 0 aromatic heterocycles. The van der Waals surface area contributed by atoms with E-state index in [1.807, 2.05) is 30.3 Å². The van der Waals surface area contributed by atoms with Gasteiger partial charge in [0.25, 0.3) is 0 Å². The van der Waals surface area contributed by atoms with Crippen LogP contribution in [0.15, 0.2) is 30.3 Å². The summed E-state index contributed by atoms with van der Waals surface area (Å²) in [6, 6.07) is 9.37. The smallest absolute Gasteiger partial charge is 0.239 e. The Labute approximate surface area is 100 Å². The summed E-state index contributed by atoms with van der Waals surface area (Å²) < 4.78 is 0. The van der Waals surface area contributed by atoms with Crippen LogP contribution < -0.4 is 5.73 Å². The van der Waals surface area contributed by atoms with Gasteiger partial charge in [0.05, 0.1) is 0 Å². The van der Waals surface area contributed by atoms with Gasteiger partial charge in [-0.15, -0.1) is 0 Å². The average Bonchev–Trinajstić information content (AvgIpc) is 2.71. The molecular weight excluding hydrogens is 216 g/mol. The molecule has 1 aromatic carbocycles. The highest BCUT2D eigenvalue weighted by Crippen LogP contribution is 2.29. The van der Waals surface area contributed by atoms with Crippen molar-refractivity contribution in [2.24, 2.45) is 5.73 Å². The quantitative estimate of drug-likeness (QED) is 0.840. The van der Waals surface area contributed by atoms with Crippen molar-refractivity contribution in [1.29, 1.82) is 0 Å². The molecule has 2 amide bonds. The molecule has 90 valence electrons. The minimum absolute atomic E-state index is 0.00477. The second kappa shape index (κ2) is 4.57. The lowest BCUT2D eigenvalue weighted by Crippen LogP contribution is -2.43. The Kier molecular flexibility index (Phi) is 3.13. The third kappa shape index (κ3) is 2.30. The lowest BCUT2D eigenvalue weighted by Gasteiger charge is -2.21. The molecule has 1 saturated heterocycles. The van der Waals surface area contributed by atoms with E-state index in [1.54, 1.807) is 11.8 Å². The van der Waals surface area contributed by atoms with Gasteiger partial charge in [-0.3, -0.25) is 9.59 Å². The van der Waals surface area contributed by atoms with Crippen molar-refractivity contribution in [2.45, 2.75) is 25.3 Å². The van der Waals surface area contributed by atoms with Gasteiger partial charge in [0.15, 0.2) is 0 Å². The minimum Gasteiger partial charge on any atom is -0.368 e. The van der Waals surface area contributed by atoms with E-state index >= 15 is 0 Å². The van der Waals surface area contributed by atoms with Crippen LogP contribution in [0.3, 0.4) is 0 Å². The first-order valence-electron chi connectivity index (χ1n) is 5.73. The zero-order valence-electron chi connectivity index (χ0n) is 9.80. The molecule has 1 aromatic rings. The summed E-state index contributed by atoms with van der Waals surface area (Å²) in [5, 5.41) is 0. The molecule has 0 aliphatic carbocycles. The van der Waals surface area contributed by atoms with Crippen LogP contribution in [0.1, 0.15) is 24.8 Å². The van der Waals surface area contributed by atoms with Crippen molar-refractivity contribution in [2.75, 3.05) is 6.54 Å². The van der Waals surface area contributed by atoms with Crippen molar-refractivity contribution < 1.29 is 9.59 Å². The number of nitrogens with two attached hydrogens (primary N) is 1. The molecule has 4 heteroatoms. The van der Waals surface area contributed by atoms with Crippen LogP contribution in [0.2, 0.25) is 0 Å². The number of amides is 2. The molecule has 2 rings (SSSR count). The molecule has 1 aliphatic heterocycles. The van der Waals surface area contributed by atoms with Gasteiger partial charge in [-0.05, 0) is 12.5 Å². The topological polar surface area (TPSA) is 63.4 Å². The summed E-state index contributed by atoms with van der Waals surface area (Å²) in [5.41, 5.74) is 6.37. The molecule has 17 heavy (non-hydrogen) atoms. The van der Waals surface area contributed by atoms with Crippen LogP contribution in [-0.2, 0) is 9.59 Å². The summed E-state index contributed by atoms with van der Waals surface area (Å²) in [6.45, 7) is 2.25. The van der Waals surface area contributed by atoms with Crippen molar-refractivity contribution in [3.63, 3.8) is 0 Å². The highest BCUT2D eigenvalue weighted by Gasteiger charge is 2.35. The molecular formula is C13H16N2O2. The van der Waals surface area contributed by atoms with E-state index in [2.05, 4.69) is 0 Å². The second-order valence-electron chi connectivity index (χ2n) is 4.44. The Bertz CT molecular complexity index is 430. The van der Waals surface area contributed by atoms with E-state index in [1.165, 1.54) is 0 Å². The number of primary amides is 1. The number of likely N-dealkylation sites (tertiary alicyclic amines) is 1. The van der Waals surface area contributed by atoms with Crippen molar-refractivity contribution in [1.82, 2.24) is 4.90 Å². The number of carbonyl (C=O) groups excluding carboxylic acids is 2. The average molecular weight is 232 g/mol. The Balaban J connectivity index is 2.13. The van der Waals surface area contributed by atoms with E-state index in [0.717, 1.165) is 5.56 Å². The molecule has 0 radical (unpaired) electrons. The first kappa shape index (κ1) is 11.6. The van der Waals surface area contributed by atoms with Gasteiger partial charge in [-0.2, -0.15) is 0 Å². The van der Waals surface area contributed by atoms with Crippen LogP contribution >= 0.6 is 0 Å². The monoisotopic (exact) mass is 232 g/mol. The Morgan fingerprint density at radius 2 is 2.06 bits per heavy atom. The molecule has 1 fully saturated rings. The largest absolute Gasteiger partial charge is 0.368 e. The summed E-state index contributed by atoms with van der Waals surface area (Å²) in [4.78, 5) is 24.5. The molecule has 2 atom stereocenters. The second-order valence-corrected chi connectivity index (χ2v) is 4.44. The van der Waals surface area contributed by atoms with Crippen molar-refractivity contribution >= 4 is 11.8 Å². The molecule has 0 saturated carbocycles. The highest BCUT2D eigenvalue weighted by molar-refractivity contribution is 5.88. The number of rotatable bonds is 3. The van der Waals surface area contributed by atoms with Gasteiger partial charge < -0.3 is 10.6 Å². The lowest BCUT2D eigenvalue weighted by molar-refractivity contribution is -0.135. The normalized spacial score (nSPS) is 21.6. The summed E-state index contributed by atoms with van der Waals surface area (Å²) in [7, 11) is 0. The molecule has 1 aliphatic rings. The summed E-state index contributed by atoms with van der Waals surface area (Å²) in [5.74, 6) is -0.275. The summed E-state index contributed by atoms with van der Waals surface area (Å²) in [6.07, 6.45) is 0.460. The maximum absolute atomic E-state index is 11.8. The Morgan fingerprint density at radius 3 is 2.65 bits per heavy atom. The highest BCUT2D eigenvalue weighted by atomic mass is 16.2. The number of benzene rings is 1. The molecule has 0 bridgehead atoms. The lowest BCUT2D eigenvalue weighted by atomic mass is 9.98. The molecule has 0 spiro atoms. The third-order valence-electron chi connectivity index (χ3n) is 3.31. The minimum atomic E-state index is -0.517. The van der Waals surface area contributed by atoms with E-state index in [4.69, 9.17) is 5.73 Å². The van der Waals surface area contributed by atoms with Crippen LogP contribution in [0.4, 0.5) is 0 Å². The number of carbonyl (C=O) groups is 2. The molecule has 4 nitrogen and oxygen atoms in total. The molecule has 1 heterocycles. The number of hydrogen-bond donors (Lipinski definition) is 1. The van der Waals surface area contributed by atoms with Crippen molar-refractivity contribution in [3.05, 3.63) is 35.9 Å². The fourth-order valence-corrected chi connectivity index (χ4v) is 2.21. The fraction of sp³-hybridized carbons (Fsp3) is 0.385. The Morgan fingerprint density at radius 1 is 1.41 bits per heavy atom. The predicted octanol–water partition coefficient (Wildman–Crippen LogP) is 0.876. The van der Waals surface area contributed by atoms with E-state index < -0.39 is 11.9 Å². The zero-order valence-corrected chi connectivity index (χ0v) is 9.80. The van der Waals surface area contributed by atoms with Crippen LogP contribution in [0.5, 0.6) is 0 Å². The molecule has 2 N–H and O–H groups in total. The van der Waals surface area contributed by atoms with Gasteiger partial charge in [0, 0.05) is 18.9 Å². The SMILES string of the molecule is C[C@H](C(N)=O)N1C[C@H](c2ccccc2)CC1=O. The maximum atomic E-state index is 11.8. The van der Waals surface area contributed by atoms with Gasteiger partial charge in [0.1, 0.15) is 6.04 Å². The fourth-order valence-electron chi connectivity index (χ4n) is 2.21. The van der Waals surface area contributed by atoms with E-state index in [0.29, 0.717) is 13.0 Å². The first-order chi connectivity index (χ1) is 8.09. The first-order valence-corrected chi connectivity index (χ1v) is 5.73. The van der Waals surface area contributed by atoms with E-state index in [9.17, 15) is 9.59 Å². The standard InChI is InChI=1S/C13H16N2O2/c1-9(13(14)17)15-8-11(7-12(15)16)10-5-3-2-4-6-10/h2-6,9,11H,7-8H2,1H3,(H2,14,17)/t9-,11-/m1/s1. The maximum Gasteiger partial charge on any atom is 0.239 e.